The van der Waals surface area contributed by atoms with Gasteiger partial charge < -0.3 is 9.88 Å². The third kappa shape index (κ3) is 4.13. The maximum atomic E-state index is 13.1. The molecule has 2 aromatic heterocycles. The van der Waals surface area contributed by atoms with Gasteiger partial charge in [0.15, 0.2) is 0 Å². The molecule has 2 heterocycles. The molecular weight excluding hydrogens is 243 g/mol. The molecule has 102 valence electrons. The van der Waals surface area contributed by atoms with Crippen LogP contribution in [0.5, 0.6) is 0 Å². The number of aromatic nitrogens is 3. The summed E-state index contributed by atoms with van der Waals surface area (Å²) < 4.78 is 15.1. The number of pyridine rings is 1. The molecule has 0 aliphatic carbocycles. The smallest absolute Gasteiger partial charge is 0.141 e. The Morgan fingerprint density at radius 1 is 1.37 bits per heavy atom. The lowest BCUT2D eigenvalue weighted by molar-refractivity contribution is 0.532. The summed E-state index contributed by atoms with van der Waals surface area (Å²) in [5, 5.41) is 3.35. The van der Waals surface area contributed by atoms with Gasteiger partial charge in [-0.1, -0.05) is 13.8 Å². The zero-order valence-corrected chi connectivity index (χ0v) is 11.3. The Hall–Kier alpha value is -1.75. The normalized spacial score (nSPS) is 11.2. The van der Waals surface area contributed by atoms with Crippen molar-refractivity contribution >= 4 is 0 Å². The molecule has 5 heteroatoms. The quantitative estimate of drug-likeness (QED) is 0.868. The molecule has 0 spiro atoms. The number of hydrogen-bond acceptors (Lipinski definition) is 3. The second kappa shape index (κ2) is 6.43. The highest BCUT2D eigenvalue weighted by molar-refractivity contribution is 5.11. The van der Waals surface area contributed by atoms with Gasteiger partial charge in [-0.3, -0.25) is 4.98 Å². The van der Waals surface area contributed by atoms with Gasteiger partial charge in [-0.25, -0.2) is 9.37 Å². The summed E-state index contributed by atoms with van der Waals surface area (Å²) in [5.41, 5.74) is 0.836. The molecule has 4 nitrogen and oxygen atoms in total. The Labute approximate surface area is 112 Å². The summed E-state index contributed by atoms with van der Waals surface area (Å²) in [6.07, 6.45) is 6.55. The predicted molar refractivity (Wildman–Crippen MR) is 72.1 cm³/mol. The van der Waals surface area contributed by atoms with Crippen molar-refractivity contribution in [2.45, 2.75) is 26.9 Å². The fourth-order valence-electron chi connectivity index (χ4n) is 1.86. The Morgan fingerprint density at radius 3 is 2.95 bits per heavy atom. The number of imidazole rings is 1. The first-order valence-corrected chi connectivity index (χ1v) is 6.45. The molecule has 0 fully saturated rings. The van der Waals surface area contributed by atoms with Crippen molar-refractivity contribution in [3.8, 4) is 0 Å². The average molecular weight is 262 g/mol. The van der Waals surface area contributed by atoms with Crippen molar-refractivity contribution in [3.05, 3.63) is 48.1 Å². The molecule has 0 aromatic carbocycles. The predicted octanol–water partition coefficient (Wildman–Crippen LogP) is 2.21. The first kappa shape index (κ1) is 13.7. The topological polar surface area (TPSA) is 42.7 Å². The molecule has 0 amide bonds. The molecule has 2 rings (SSSR count). The fraction of sp³-hybridized carbons (Fsp3) is 0.429. The van der Waals surface area contributed by atoms with Gasteiger partial charge in [0.2, 0.25) is 0 Å². The van der Waals surface area contributed by atoms with E-state index in [1.165, 1.54) is 12.3 Å². The SMILES string of the molecule is CC(C)CNCc1nccn1Cc1cncc(F)c1. The molecule has 1 N–H and O–H groups in total. The summed E-state index contributed by atoms with van der Waals surface area (Å²) in [7, 11) is 0. The van der Waals surface area contributed by atoms with E-state index in [9.17, 15) is 4.39 Å². The average Bonchev–Trinajstić information content (AvgIpc) is 2.76. The van der Waals surface area contributed by atoms with Crippen molar-refractivity contribution in [1.29, 1.82) is 0 Å². The van der Waals surface area contributed by atoms with E-state index >= 15 is 0 Å². The minimum atomic E-state index is -0.308. The summed E-state index contributed by atoms with van der Waals surface area (Å²) in [6.45, 7) is 6.58. The summed E-state index contributed by atoms with van der Waals surface area (Å²) in [4.78, 5) is 8.17. The molecular formula is C14H19FN4. The fourth-order valence-corrected chi connectivity index (χ4v) is 1.86. The van der Waals surface area contributed by atoms with Crippen molar-refractivity contribution in [3.63, 3.8) is 0 Å². The third-order valence-electron chi connectivity index (χ3n) is 2.75. The molecule has 0 aliphatic rings. The number of halogens is 1. The molecule has 0 atom stereocenters. The molecule has 2 aromatic rings. The molecule has 0 radical (unpaired) electrons. The van der Waals surface area contributed by atoms with Gasteiger partial charge in [-0.2, -0.15) is 0 Å². The van der Waals surface area contributed by atoms with Crippen molar-refractivity contribution < 1.29 is 4.39 Å². The largest absolute Gasteiger partial charge is 0.329 e. The van der Waals surface area contributed by atoms with E-state index in [-0.39, 0.29) is 5.82 Å². The Morgan fingerprint density at radius 2 is 2.21 bits per heavy atom. The highest BCUT2D eigenvalue weighted by atomic mass is 19.1. The van der Waals surface area contributed by atoms with Gasteiger partial charge in [0.1, 0.15) is 11.6 Å². The minimum absolute atomic E-state index is 0.308. The zero-order valence-electron chi connectivity index (χ0n) is 11.3. The first-order chi connectivity index (χ1) is 9.15. The van der Waals surface area contributed by atoms with Crippen LogP contribution in [0.3, 0.4) is 0 Å². The van der Waals surface area contributed by atoms with E-state index in [1.807, 2.05) is 10.8 Å². The van der Waals surface area contributed by atoms with Crippen LogP contribution < -0.4 is 5.32 Å². The maximum absolute atomic E-state index is 13.1. The Balaban J connectivity index is 1.99. The van der Waals surface area contributed by atoms with E-state index in [1.54, 1.807) is 12.4 Å². The lowest BCUT2D eigenvalue weighted by atomic mass is 10.2. The van der Waals surface area contributed by atoms with Gasteiger partial charge in [0, 0.05) is 18.6 Å². The van der Waals surface area contributed by atoms with Crippen molar-refractivity contribution in [2.75, 3.05) is 6.54 Å². The van der Waals surface area contributed by atoms with Gasteiger partial charge in [0.25, 0.3) is 0 Å². The monoisotopic (exact) mass is 262 g/mol. The van der Waals surface area contributed by atoms with Crippen LogP contribution in [0.2, 0.25) is 0 Å². The standard InChI is InChI=1S/C14H19FN4/c1-11(2)6-16-9-14-18-3-4-19(14)10-12-5-13(15)8-17-7-12/h3-5,7-8,11,16H,6,9-10H2,1-2H3. The van der Waals surface area contributed by atoms with Gasteiger partial charge in [0.05, 0.1) is 19.3 Å². The molecule has 0 unspecified atom stereocenters. The molecule has 0 saturated carbocycles. The third-order valence-corrected chi connectivity index (χ3v) is 2.75. The van der Waals surface area contributed by atoms with Crippen LogP contribution in [0.15, 0.2) is 30.9 Å². The van der Waals surface area contributed by atoms with Crippen molar-refractivity contribution in [2.24, 2.45) is 5.92 Å². The highest BCUT2D eigenvalue weighted by Gasteiger charge is 2.04. The first-order valence-electron chi connectivity index (χ1n) is 6.45. The van der Waals surface area contributed by atoms with Crippen LogP contribution in [0.4, 0.5) is 4.39 Å². The molecule has 0 saturated heterocycles. The van der Waals surface area contributed by atoms with Gasteiger partial charge in [-0.15, -0.1) is 0 Å². The summed E-state index contributed by atoms with van der Waals surface area (Å²) in [5.74, 6) is 1.25. The summed E-state index contributed by atoms with van der Waals surface area (Å²) >= 11 is 0. The van der Waals surface area contributed by atoms with E-state index in [0.29, 0.717) is 19.0 Å². The van der Waals surface area contributed by atoms with Crippen LogP contribution in [-0.2, 0) is 13.1 Å². The van der Waals surface area contributed by atoms with Crippen molar-refractivity contribution in [1.82, 2.24) is 19.9 Å². The minimum Gasteiger partial charge on any atom is -0.329 e. The van der Waals surface area contributed by atoms with Crippen LogP contribution in [0.25, 0.3) is 0 Å². The second-order valence-electron chi connectivity index (χ2n) is 5.01. The van der Waals surface area contributed by atoms with Crippen LogP contribution >= 0.6 is 0 Å². The number of hydrogen-bond donors (Lipinski definition) is 1. The Kier molecular flexibility index (Phi) is 4.63. The number of nitrogens with zero attached hydrogens (tertiary/aromatic N) is 3. The highest BCUT2D eigenvalue weighted by Crippen LogP contribution is 2.06. The van der Waals surface area contributed by atoms with Gasteiger partial charge in [-0.05, 0) is 24.1 Å². The summed E-state index contributed by atoms with van der Waals surface area (Å²) in [6, 6.07) is 1.50. The number of rotatable bonds is 6. The second-order valence-corrected chi connectivity index (χ2v) is 5.01. The lowest BCUT2D eigenvalue weighted by Gasteiger charge is -2.10. The zero-order chi connectivity index (χ0) is 13.7. The van der Waals surface area contributed by atoms with E-state index in [2.05, 4.69) is 29.1 Å². The molecule has 0 aliphatic heterocycles. The van der Waals surface area contributed by atoms with Crippen LogP contribution in [0, 0.1) is 11.7 Å². The van der Waals surface area contributed by atoms with E-state index in [4.69, 9.17) is 0 Å². The van der Waals surface area contributed by atoms with Crippen LogP contribution in [0.1, 0.15) is 25.2 Å². The molecule has 0 bridgehead atoms. The number of nitrogens with one attached hydrogen (secondary N) is 1. The van der Waals surface area contributed by atoms with Crippen LogP contribution in [-0.4, -0.2) is 21.1 Å². The molecule has 19 heavy (non-hydrogen) atoms. The maximum Gasteiger partial charge on any atom is 0.141 e. The Bertz CT molecular complexity index is 522. The van der Waals surface area contributed by atoms with E-state index in [0.717, 1.165) is 17.9 Å². The lowest BCUT2D eigenvalue weighted by Crippen LogP contribution is -2.21. The van der Waals surface area contributed by atoms with E-state index < -0.39 is 0 Å². The van der Waals surface area contributed by atoms with Gasteiger partial charge >= 0.3 is 0 Å².